The number of para-hydroxylation sites is 2. The van der Waals surface area contributed by atoms with E-state index >= 15 is 0 Å². The lowest BCUT2D eigenvalue weighted by Crippen LogP contribution is -2.32. The van der Waals surface area contributed by atoms with Crippen LogP contribution >= 0.6 is 39.3 Å². The number of amides is 3. The Morgan fingerprint density at radius 2 is 1.76 bits per heavy atom. The molecule has 1 aliphatic heterocycles. The first kappa shape index (κ1) is 30.3. The second kappa shape index (κ2) is 13.8. The Kier molecular flexibility index (Phi) is 10.2. The normalized spacial score (nSPS) is 13.9. The van der Waals surface area contributed by atoms with Crippen molar-refractivity contribution in [2.24, 2.45) is 0 Å². The molecule has 0 unspecified atom stereocenters. The Bertz CT molecular complexity index is 1510. The maximum Gasteiger partial charge on any atom is 0.293 e. The Hall–Kier alpha value is -3.67. The molecular weight excluding hydrogens is 636 g/mol. The number of rotatable bonds is 11. The minimum absolute atomic E-state index is 0.0801. The Morgan fingerprint density at radius 3 is 2.46 bits per heavy atom. The maximum absolute atomic E-state index is 13.0. The molecule has 1 fully saturated rings. The quantitative estimate of drug-likeness (QED) is 0.231. The highest BCUT2D eigenvalue weighted by atomic mass is 79.9. The van der Waals surface area contributed by atoms with Gasteiger partial charge in [-0.15, -0.1) is 0 Å². The number of imide groups is 1. The van der Waals surface area contributed by atoms with Crippen LogP contribution in [0.5, 0.6) is 23.0 Å². The molecule has 0 saturated carbocycles. The number of hydrogen-bond donors (Lipinski definition) is 1. The van der Waals surface area contributed by atoms with Crippen molar-refractivity contribution in [1.29, 1.82) is 0 Å². The minimum atomic E-state index is -0.424. The number of benzene rings is 3. The molecule has 3 aromatic rings. The van der Waals surface area contributed by atoms with Crippen LogP contribution in [0, 0.1) is 6.92 Å². The zero-order valence-electron chi connectivity index (χ0n) is 22.4. The molecule has 3 amide bonds. The van der Waals surface area contributed by atoms with Crippen LogP contribution in [-0.2, 0) is 9.59 Å². The predicted molar refractivity (Wildman–Crippen MR) is 162 cm³/mol. The molecule has 1 heterocycles. The van der Waals surface area contributed by atoms with E-state index in [0.29, 0.717) is 43.7 Å². The van der Waals surface area contributed by atoms with E-state index in [9.17, 15) is 14.4 Å². The van der Waals surface area contributed by atoms with Gasteiger partial charge in [-0.3, -0.25) is 19.3 Å². The summed E-state index contributed by atoms with van der Waals surface area (Å²) in [6.07, 6.45) is 1.59. The SMILES string of the molecule is COc1ccccc1OCCN1C(=O)S/C(=C\c2cc(Br)c(OCC(=O)Nc3ccc(C)c(Cl)c3)c(OC)c2)C1=O. The van der Waals surface area contributed by atoms with Crippen LogP contribution in [0.2, 0.25) is 5.02 Å². The number of carbonyl (C=O) groups excluding carboxylic acids is 3. The molecule has 0 radical (unpaired) electrons. The third-order valence-corrected chi connectivity index (χ3v) is 7.77. The number of halogens is 2. The highest BCUT2D eigenvalue weighted by Gasteiger charge is 2.35. The van der Waals surface area contributed by atoms with Crippen molar-refractivity contribution >= 4 is 68.1 Å². The Morgan fingerprint density at radius 1 is 1.02 bits per heavy atom. The lowest BCUT2D eigenvalue weighted by atomic mass is 10.2. The summed E-state index contributed by atoms with van der Waals surface area (Å²) < 4.78 is 22.7. The summed E-state index contributed by atoms with van der Waals surface area (Å²) >= 11 is 10.4. The topological polar surface area (TPSA) is 103 Å². The highest BCUT2D eigenvalue weighted by molar-refractivity contribution is 9.10. The van der Waals surface area contributed by atoms with Crippen LogP contribution in [0.15, 0.2) is 64.0 Å². The molecule has 214 valence electrons. The van der Waals surface area contributed by atoms with Crippen molar-refractivity contribution in [3.8, 4) is 23.0 Å². The first-order valence-corrected chi connectivity index (χ1v) is 14.3. The van der Waals surface area contributed by atoms with Crippen molar-refractivity contribution in [2.75, 3.05) is 39.3 Å². The van der Waals surface area contributed by atoms with E-state index in [-0.39, 0.29) is 30.6 Å². The molecule has 1 saturated heterocycles. The number of carbonyl (C=O) groups is 3. The largest absolute Gasteiger partial charge is 0.493 e. The lowest BCUT2D eigenvalue weighted by molar-refractivity contribution is -0.123. The highest BCUT2D eigenvalue weighted by Crippen LogP contribution is 2.39. The number of nitrogens with one attached hydrogen (secondary N) is 1. The van der Waals surface area contributed by atoms with E-state index in [1.807, 2.05) is 19.1 Å². The van der Waals surface area contributed by atoms with Crippen LogP contribution in [0.4, 0.5) is 10.5 Å². The van der Waals surface area contributed by atoms with E-state index in [1.165, 1.54) is 14.2 Å². The van der Waals surface area contributed by atoms with E-state index in [4.69, 9.17) is 30.5 Å². The summed E-state index contributed by atoms with van der Waals surface area (Å²) in [5, 5.41) is 2.89. The molecule has 0 aromatic heterocycles. The molecule has 1 aliphatic rings. The Labute approximate surface area is 254 Å². The van der Waals surface area contributed by atoms with Crippen molar-refractivity contribution < 1.29 is 33.3 Å². The first-order chi connectivity index (χ1) is 19.7. The van der Waals surface area contributed by atoms with Crippen molar-refractivity contribution in [3.63, 3.8) is 0 Å². The zero-order valence-corrected chi connectivity index (χ0v) is 25.5. The monoisotopic (exact) mass is 660 g/mol. The van der Waals surface area contributed by atoms with Gasteiger partial charge in [-0.05, 0) is 88.2 Å². The van der Waals surface area contributed by atoms with Gasteiger partial charge in [-0.2, -0.15) is 0 Å². The van der Waals surface area contributed by atoms with Crippen LogP contribution in [0.1, 0.15) is 11.1 Å². The average Bonchev–Trinajstić information content (AvgIpc) is 3.21. The molecule has 3 aromatic carbocycles. The number of anilines is 1. The molecule has 41 heavy (non-hydrogen) atoms. The first-order valence-electron chi connectivity index (χ1n) is 12.3. The number of hydrogen-bond acceptors (Lipinski definition) is 8. The van der Waals surface area contributed by atoms with E-state index in [2.05, 4.69) is 21.2 Å². The van der Waals surface area contributed by atoms with Gasteiger partial charge in [0.1, 0.15) is 6.61 Å². The van der Waals surface area contributed by atoms with Gasteiger partial charge < -0.3 is 24.3 Å². The van der Waals surface area contributed by atoms with Crippen LogP contribution in [0.3, 0.4) is 0 Å². The standard InChI is InChI=1S/C29H26BrClN2O7S/c1-17-8-9-19(15-21(17)31)32-26(34)16-40-27-20(30)12-18(13-24(27)38-3)14-25-28(35)33(29(36)41-25)10-11-39-23-7-5-4-6-22(23)37-2/h4-9,12-15H,10-11,16H2,1-3H3,(H,32,34)/b25-14-. The van der Waals surface area contributed by atoms with Crippen molar-refractivity contribution in [1.82, 2.24) is 4.90 Å². The molecular formula is C29H26BrClN2O7S. The molecule has 0 aliphatic carbocycles. The molecule has 0 spiro atoms. The number of nitrogens with zero attached hydrogens (tertiary/aromatic N) is 1. The summed E-state index contributed by atoms with van der Waals surface area (Å²) in [7, 11) is 3.00. The molecule has 0 atom stereocenters. The summed E-state index contributed by atoms with van der Waals surface area (Å²) in [5.41, 5.74) is 2.05. The number of ether oxygens (including phenoxy) is 4. The second-order valence-corrected chi connectivity index (χ2v) is 10.9. The van der Waals surface area contributed by atoms with Gasteiger partial charge in [0, 0.05) is 10.7 Å². The smallest absolute Gasteiger partial charge is 0.293 e. The predicted octanol–water partition coefficient (Wildman–Crippen LogP) is 6.56. The third kappa shape index (κ3) is 7.55. The molecule has 9 nitrogen and oxygen atoms in total. The summed E-state index contributed by atoms with van der Waals surface area (Å²) in [6.45, 7) is 1.78. The van der Waals surface area contributed by atoms with Gasteiger partial charge in [0.25, 0.3) is 17.1 Å². The minimum Gasteiger partial charge on any atom is -0.493 e. The van der Waals surface area contributed by atoms with Crippen LogP contribution in [-0.4, -0.2) is 55.9 Å². The van der Waals surface area contributed by atoms with Gasteiger partial charge in [0.2, 0.25) is 0 Å². The van der Waals surface area contributed by atoms with E-state index in [0.717, 1.165) is 22.2 Å². The number of aryl methyl sites for hydroxylation is 1. The number of thioether (sulfide) groups is 1. The second-order valence-electron chi connectivity index (χ2n) is 8.67. The van der Waals surface area contributed by atoms with Crippen LogP contribution in [0.25, 0.3) is 6.08 Å². The third-order valence-electron chi connectivity index (χ3n) is 5.87. The zero-order chi connectivity index (χ0) is 29.5. The summed E-state index contributed by atoms with van der Waals surface area (Å²) in [6, 6.07) is 15.7. The van der Waals surface area contributed by atoms with Crippen molar-refractivity contribution in [3.05, 3.63) is 80.1 Å². The lowest BCUT2D eigenvalue weighted by Gasteiger charge is -2.15. The number of methoxy groups -OCH3 is 2. The average molecular weight is 662 g/mol. The van der Waals surface area contributed by atoms with Gasteiger partial charge in [0.05, 0.1) is 30.1 Å². The van der Waals surface area contributed by atoms with Gasteiger partial charge in [-0.1, -0.05) is 29.8 Å². The molecule has 4 rings (SSSR count). The van der Waals surface area contributed by atoms with Gasteiger partial charge in [0.15, 0.2) is 29.6 Å². The van der Waals surface area contributed by atoms with Crippen molar-refractivity contribution in [2.45, 2.75) is 6.92 Å². The van der Waals surface area contributed by atoms with Gasteiger partial charge in [-0.25, -0.2) is 0 Å². The van der Waals surface area contributed by atoms with E-state index < -0.39 is 11.1 Å². The summed E-state index contributed by atoms with van der Waals surface area (Å²) in [5.74, 6) is 0.918. The van der Waals surface area contributed by atoms with E-state index in [1.54, 1.807) is 48.5 Å². The molecule has 12 heteroatoms. The Balaban J connectivity index is 1.39. The fourth-order valence-corrected chi connectivity index (χ4v) is 5.42. The fourth-order valence-electron chi connectivity index (χ4n) is 3.80. The molecule has 1 N–H and O–H groups in total. The van der Waals surface area contributed by atoms with Crippen LogP contribution < -0.4 is 24.3 Å². The maximum atomic E-state index is 13.0. The van der Waals surface area contributed by atoms with Gasteiger partial charge >= 0.3 is 0 Å². The molecule has 0 bridgehead atoms. The fraction of sp³-hybridized carbons (Fsp3) is 0.207. The summed E-state index contributed by atoms with van der Waals surface area (Å²) in [4.78, 5) is 39.4.